The molecule has 2 unspecified atom stereocenters. The third-order valence-corrected chi connectivity index (χ3v) is 2.03. The highest BCUT2D eigenvalue weighted by Crippen LogP contribution is 2.24. The zero-order chi connectivity index (χ0) is 8.55. The highest BCUT2D eigenvalue weighted by molar-refractivity contribution is 6.01. The SMILES string of the molecule is CC1OC1C(=O)c1ccccc1. The minimum absolute atomic E-state index is 0.100. The van der Waals surface area contributed by atoms with Crippen molar-refractivity contribution < 1.29 is 9.53 Å². The fourth-order valence-electron chi connectivity index (χ4n) is 1.23. The van der Waals surface area contributed by atoms with E-state index in [0.717, 1.165) is 5.56 Å². The molecule has 0 aromatic heterocycles. The molecule has 0 bridgehead atoms. The highest BCUT2D eigenvalue weighted by atomic mass is 16.6. The Morgan fingerprint density at radius 1 is 1.33 bits per heavy atom. The van der Waals surface area contributed by atoms with Crippen molar-refractivity contribution in [2.24, 2.45) is 0 Å². The van der Waals surface area contributed by atoms with Crippen LogP contribution in [0.25, 0.3) is 0 Å². The quantitative estimate of drug-likeness (QED) is 0.489. The minimum Gasteiger partial charge on any atom is -0.361 e. The van der Waals surface area contributed by atoms with Crippen molar-refractivity contribution in [1.82, 2.24) is 0 Å². The lowest BCUT2D eigenvalue weighted by Crippen LogP contribution is -2.08. The van der Waals surface area contributed by atoms with Gasteiger partial charge in [-0.2, -0.15) is 0 Å². The van der Waals surface area contributed by atoms with Gasteiger partial charge in [-0.1, -0.05) is 30.3 Å². The van der Waals surface area contributed by atoms with Crippen LogP contribution in [0.1, 0.15) is 17.3 Å². The number of hydrogen-bond acceptors (Lipinski definition) is 2. The van der Waals surface area contributed by atoms with Crippen LogP contribution >= 0.6 is 0 Å². The van der Waals surface area contributed by atoms with E-state index in [9.17, 15) is 4.79 Å². The predicted molar refractivity (Wildman–Crippen MR) is 45.1 cm³/mol. The number of rotatable bonds is 2. The summed E-state index contributed by atoms with van der Waals surface area (Å²) in [4.78, 5) is 11.5. The molecule has 0 radical (unpaired) electrons. The summed E-state index contributed by atoms with van der Waals surface area (Å²) in [6.07, 6.45) is -0.0786. The Kier molecular flexibility index (Phi) is 1.70. The van der Waals surface area contributed by atoms with Crippen molar-refractivity contribution in [3.8, 4) is 0 Å². The van der Waals surface area contributed by atoms with Crippen molar-refractivity contribution in [2.45, 2.75) is 19.1 Å². The van der Waals surface area contributed by atoms with E-state index in [-0.39, 0.29) is 18.0 Å². The Bertz CT molecular complexity index is 292. The summed E-state index contributed by atoms with van der Waals surface area (Å²) in [5, 5.41) is 0. The topological polar surface area (TPSA) is 29.6 Å². The van der Waals surface area contributed by atoms with Crippen LogP contribution in [-0.2, 0) is 4.74 Å². The number of benzene rings is 1. The second-order valence-corrected chi connectivity index (χ2v) is 2.99. The molecule has 0 amide bonds. The molecule has 2 atom stereocenters. The van der Waals surface area contributed by atoms with Crippen molar-refractivity contribution in [1.29, 1.82) is 0 Å². The van der Waals surface area contributed by atoms with Gasteiger partial charge >= 0.3 is 0 Å². The van der Waals surface area contributed by atoms with Gasteiger partial charge in [0.1, 0.15) is 6.10 Å². The summed E-state index contributed by atoms with van der Waals surface area (Å²) in [5.74, 6) is 0.100. The van der Waals surface area contributed by atoms with E-state index < -0.39 is 0 Å². The molecular formula is C10H10O2. The van der Waals surface area contributed by atoms with E-state index in [4.69, 9.17) is 4.74 Å². The molecular weight excluding hydrogens is 152 g/mol. The first-order valence-corrected chi connectivity index (χ1v) is 4.04. The lowest BCUT2D eigenvalue weighted by molar-refractivity contribution is 0.0953. The molecule has 1 aromatic carbocycles. The molecule has 2 nitrogen and oxygen atoms in total. The van der Waals surface area contributed by atoms with Crippen LogP contribution in [0, 0.1) is 0 Å². The van der Waals surface area contributed by atoms with Crippen molar-refractivity contribution >= 4 is 5.78 Å². The molecule has 1 aliphatic heterocycles. The first-order chi connectivity index (χ1) is 5.79. The molecule has 2 heteroatoms. The Labute approximate surface area is 71.2 Å². The third kappa shape index (κ3) is 1.25. The molecule has 0 saturated carbocycles. The number of epoxide rings is 1. The molecule has 2 rings (SSSR count). The average molecular weight is 162 g/mol. The standard InChI is InChI=1S/C10H10O2/c1-7-10(12-7)9(11)8-5-3-2-4-6-8/h2-7,10H,1H3. The summed E-state index contributed by atoms with van der Waals surface area (Å²) in [6, 6.07) is 9.25. The molecule has 1 aliphatic rings. The Hall–Kier alpha value is -1.15. The molecule has 1 aromatic rings. The monoisotopic (exact) mass is 162 g/mol. The van der Waals surface area contributed by atoms with Gasteiger partial charge in [0, 0.05) is 5.56 Å². The molecule has 1 heterocycles. The van der Waals surface area contributed by atoms with Crippen LogP contribution in [0.5, 0.6) is 0 Å². The summed E-state index contributed by atoms with van der Waals surface area (Å²) in [7, 11) is 0. The van der Waals surface area contributed by atoms with Gasteiger partial charge < -0.3 is 4.74 Å². The average Bonchev–Trinajstić information content (AvgIpc) is 2.83. The predicted octanol–water partition coefficient (Wildman–Crippen LogP) is 1.66. The number of hydrogen-bond donors (Lipinski definition) is 0. The van der Waals surface area contributed by atoms with Crippen molar-refractivity contribution in [3.05, 3.63) is 35.9 Å². The van der Waals surface area contributed by atoms with E-state index in [2.05, 4.69) is 0 Å². The van der Waals surface area contributed by atoms with Crippen LogP contribution in [0.2, 0.25) is 0 Å². The summed E-state index contributed by atoms with van der Waals surface area (Å²) < 4.78 is 5.08. The Morgan fingerprint density at radius 2 is 1.92 bits per heavy atom. The summed E-state index contributed by atoms with van der Waals surface area (Å²) in [6.45, 7) is 1.91. The maximum absolute atomic E-state index is 11.5. The second-order valence-electron chi connectivity index (χ2n) is 2.99. The van der Waals surface area contributed by atoms with Crippen LogP contribution in [-0.4, -0.2) is 18.0 Å². The highest BCUT2D eigenvalue weighted by Gasteiger charge is 2.41. The molecule has 12 heavy (non-hydrogen) atoms. The maximum atomic E-state index is 11.5. The second kappa shape index (κ2) is 2.72. The van der Waals surface area contributed by atoms with E-state index >= 15 is 0 Å². The molecule has 1 saturated heterocycles. The molecule has 0 aliphatic carbocycles. The Balaban J connectivity index is 2.16. The normalized spacial score (nSPS) is 26.8. The summed E-state index contributed by atoms with van der Waals surface area (Å²) >= 11 is 0. The molecule has 1 fully saturated rings. The summed E-state index contributed by atoms with van der Waals surface area (Å²) in [5.41, 5.74) is 0.742. The van der Waals surface area contributed by atoms with Crippen LogP contribution in [0.15, 0.2) is 30.3 Å². The lowest BCUT2D eigenvalue weighted by Gasteiger charge is -1.94. The van der Waals surface area contributed by atoms with Gasteiger partial charge in [-0.05, 0) is 6.92 Å². The maximum Gasteiger partial charge on any atom is 0.194 e. The molecule has 0 spiro atoms. The number of ether oxygens (including phenoxy) is 1. The van der Waals surface area contributed by atoms with Crippen molar-refractivity contribution in [3.63, 3.8) is 0 Å². The zero-order valence-corrected chi connectivity index (χ0v) is 6.86. The van der Waals surface area contributed by atoms with Gasteiger partial charge in [0.2, 0.25) is 0 Å². The number of Topliss-reactive ketones (excluding diaryl/α,β-unsaturated/α-hetero) is 1. The van der Waals surface area contributed by atoms with Crippen molar-refractivity contribution in [2.75, 3.05) is 0 Å². The van der Waals surface area contributed by atoms with E-state index in [1.807, 2.05) is 37.3 Å². The first-order valence-electron chi connectivity index (χ1n) is 4.04. The van der Waals surface area contributed by atoms with Crippen LogP contribution in [0.4, 0.5) is 0 Å². The third-order valence-electron chi connectivity index (χ3n) is 2.03. The Morgan fingerprint density at radius 3 is 2.42 bits per heavy atom. The minimum atomic E-state index is -0.188. The van der Waals surface area contributed by atoms with E-state index in [1.165, 1.54) is 0 Å². The van der Waals surface area contributed by atoms with Gasteiger partial charge in [-0.3, -0.25) is 4.79 Å². The smallest absolute Gasteiger partial charge is 0.194 e. The van der Waals surface area contributed by atoms with Crippen LogP contribution < -0.4 is 0 Å². The van der Waals surface area contributed by atoms with Gasteiger partial charge in [-0.15, -0.1) is 0 Å². The van der Waals surface area contributed by atoms with E-state index in [0.29, 0.717) is 0 Å². The zero-order valence-electron chi connectivity index (χ0n) is 6.86. The van der Waals surface area contributed by atoms with Gasteiger partial charge in [-0.25, -0.2) is 0 Å². The lowest BCUT2D eigenvalue weighted by atomic mass is 10.1. The number of ketones is 1. The number of carbonyl (C=O) groups excluding carboxylic acids is 1. The van der Waals surface area contributed by atoms with Gasteiger partial charge in [0.15, 0.2) is 5.78 Å². The largest absolute Gasteiger partial charge is 0.361 e. The van der Waals surface area contributed by atoms with Gasteiger partial charge in [0.25, 0.3) is 0 Å². The van der Waals surface area contributed by atoms with Gasteiger partial charge in [0.05, 0.1) is 6.10 Å². The first kappa shape index (κ1) is 7.50. The van der Waals surface area contributed by atoms with Crippen LogP contribution in [0.3, 0.4) is 0 Å². The molecule has 62 valence electrons. The molecule has 0 N–H and O–H groups in total. The fraction of sp³-hybridized carbons (Fsp3) is 0.300. The van der Waals surface area contributed by atoms with E-state index in [1.54, 1.807) is 0 Å². The number of carbonyl (C=O) groups is 1. The fourth-order valence-corrected chi connectivity index (χ4v) is 1.23.